The second kappa shape index (κ2) is 8.89. The van der Waals surface area contributed by atoms with Gasteiger partial charge in [0.2, 0.25) is 0 Å². The molecule has 0 fully saturated rings. The fourth-order valence-corrected chi connectivity index (χ4v) is 3.88. The summed E-state index contributed by atoms with van der Waals surface area (Å²) in [5, 5.41) is 16.5. The van der Waals surface area contributed by atoms with Crippen molar-refractivity contribution in [3.8, 4) is 21.8 Å². The van der Waals surface area contributed by atoms with Crippen molar-refractivity contribution >= 4 is 22.9 Å². The molecular formula is C24H19N3O3S. The molecule has 0 spiro atoms. The summed E-state index contributed by atoms with van der Waals surface area (Å²) in [5.74, 6) is -0.276. The standard InChI is InChI=1S/C24H19N3O3S/c1-16-2-6-18(7-3-16)22-15-31-24(26-22)20-8-4-17(5-9-20)14-25-23(28)19-10-12-21(13-11-19)27(29)30/h2-13,15H,14H2,1H3,(H,25,28). The van der Waals surface area contributed by atoms with Gasteiger partial charge in [-0.25, -0.2) is 4.98 Å². The van der Waals surface area contributed by atoms with Crippen molar-refractivity contribution < 1.29 is 9.72 Å². The SMILES string of the molecule is Cc1ccc(-c2csc(-c3ccc(CNC(=O)c4ccc([N+](=O)[O-])cc4)cc3)n2)cc1. The Bertz CT molecular complexity index is 1210. The lowest BCUT2D eigenvalue weighted by atomic mass is 10.1. The fraction of sp³-hybridized carbons (Fsp3) is 0.0833. The summed E-state index contributed by atoms with van der Waals surface area (Å²) in [6.45, 7) is 2.43. The van der Waals surface area contributed by atoms with E-state index < -0.39 is 4.92 Å². The van der Waals surface area contributed by atoms with Crippen LogP contribution in [0.25, 0.3) is 21.8 Å². The third-order valence-electron chi connectivity index (χ3n) is 4.85. The van der Waals surface area contributed by atoms with Gasteiger partial charge in [0.05, 0.1) is 10.6 Å². The number of carbonyl (C=O) groups excluding carboxylic acids is 1. The van der Waals surface area contributed by atoms with Crippen LogP contribution in [0, 0.1) is 17.0 Å². The maximum absolute atomic E-state index is 12.3. The molecule has 1 amide bonds. The summed E-state index contributed by atoms with van der Waals surface area (Å²) in [4.78, 5) is 27.2. The van der Waals surface area contributed by atoms with Crippen LogP contribution in [0.15, 0.2) is 78.2 Å². The quantitative estimate of drug-likeness (QED) is 0.318. The Labute approximate surface area is 183 Å². The van der Waals surface area contributed by atoms with Crippen molar-refractivity contribution in [2.45, 2.75) is 13.5 Å². The number of nitrogens with one attached hydrogen (secondary N) is 1. The van der Waals surface area contributed by atoms with E-state index in [1.54, 1.807) is 11.3 Å². The number of hydrogen-bond acceptors (Lipinski definition) is 5. The molecule has 0 bridgehead atoms. The maximum atomic E-state index is 12.3. The van der Waals surface area contributed by atoms with Gasteiger partial charge in [-0.15, -0.1) is 11.3 Å². The molecular weight excluding hydrogens is 410 g/mol. The third kappa shape index (κ3) is 4.84. The molecule has 7 heteroatoms. The van der Waals surface area contributed by atoms with Crippen molar-refractivity contribution in [1.29, 1.82) is 0 Å². The van der Waals surface area contributed by atoms with E-state index in [0.29, 0.717) is 12.1 Å². The molecule has 31 heavy (non-hydrogen) atoms. The molecule has 0 atom stereocenters. The van der Waals surface area contributed by atoms with Gasteiger partial charge < -0.3 is 5.32 Å². The minimum Gasteiger partial charge on any atom is -0.348 e. The first-order valence-electron chi connectivity index (χ1n) is 9.64. The first-order valence-corrected chi connectivity index (χ1v) is 10.5. The molecule has 0 aliphatic rings. The topological polar surface area (TPSA) is 85.1 Å². The van der Waals surface area contributed by atoms with Crippen molar-refractivity contribution in [3.63, 3.8) is 0 Å². The first-order chi connectivity index (χ1) is 15.0. The normalized spacial score (nSPS) is 10.6. The molecule has 1 heterocycles. The Balaban J connectivity index is 1.39. The van der Waals surface area contributed by atoms with Crippen LogP contribution in [-0.2, 0) is 6.54 Å². The lowest BCUT2D eigenvalue weighted by molar-refractivity contribution is -0.384. The molecule has 0 saturated carbocycles. The fourth-order valence-electron chi connectivity index (χ4n) is 3.05. The lowest BCUT2D eigenvalue weighted by Gasteiger charge is -2.06. The van der Waals surface area contributed by atoms with E-state index in [2.05, 4.69) is 41.9 Å². The van der Waals surface area contributed by atoms with Gasteiger partial charge in [-0.2, -0.15) is 0 Å². The third-order valence-corrected chi connectivity index (χ3v) is 5.74. The molecule has 3 aromatic carbocycles. The van der Waals surface area contributed by atoms with Gasteiger partial charge in [0.25, 0.3) is 11.6 Å². The van der Waals surface area contributed by atoms with Crippen molar-refractivity contribution in [1.82, 2.24) is 10.3 Å². The van der Waals surface area contributed by atoms with E-state index in [1.807, 2.05) is 24.3 Å². The summed E-state index contributed by atoms with van der Waals surface area (Å²) in [7, 11) is 0. The van der Waals surface area contributed by atoms with E-state index in [9.17, 15) is 14.9 Å². The molecule has 1 N–H and O–H groups in total. The number of amides is 1. The summed E-state index contributed by atoms with van der Waals surface area (Å²) in [6.07, 6.45) is 0. The number of aryl methyl sites for hydroxylation is 1. The number of thiazole rings is 1. The van der Waals surface area contributed by atoms with Crippen LogP contribution < -0.4 is 5.32 Å². The number of nitro benzene ring substituents is 1. The Morgan fingerprint density at radius 2 is 1.61 bits per heavy atom. The number of hydrogen-bond donors (Lipinski definition) is 1. The summed E-state index contributed by atoms with van der Waals surface area (Å²) in [6, 6.07) is 21.7. The van der Waals surface area contributed by atoms with Crippen LogP contribution in [0.2, 0.25) is 0 Å². The van der Waals surface area contributed by atoms with E-state index >= 15 is 0 Å². The van der Waals surface area contributed by atoms with Gasteiger partial charge in [0, 0.05) is 40.7 Å². The Kier molecular flexibility index (Phi) is 5.86. The summed E-state index contributed by atoms with van der Waals surface area (Å²) < 4.78 is 0. The molecule has 0 unspecified atom stereocenters. The molecule has 6 nitrogen and oxygen atoms in total. The van der Waals surface area contributed by atoms with Gasteiger partial charge in [0.15, 0.2) is 0 Å². The monoisotopic (exact) mass is 429 g/mol. The number of nitrogens with zero attached hydrogens (tertiary/aromatic N) is 2. The average molecular weight is 430 g/mol. The highest BCUT2D eigenvalue weighted by molar-refractivity contribution is 7.13. The number of non-ortho nitro benzene ring substituents is 1. The first kappa shape index (κ1) is 20.4. The molecule has 0 radical (unpaired) electrons. The zero-order valence-electron chi connectivity index (χ0n) is 16.7. The zero-order valence-corrected chi connectivity index (χ0v) is 17.6. The smallest absolute Gasteiger partial charge is 0.269 e. The predicted molar refractivity (Wildman–Crippen MR) is 122 cm³/mol. The Hall–Kier alpha value is -3.84. The lowest BCUT2D eigenvalue weighted by Crippen LogP contribution is -2.22. The highest BCUT2D eigenvalue weighted by atomic mass is 32.1. The van der Waals surface area contributed by atoms with Crippen LogP contribution >= 0.6 is 11.3 Å². The van der Waals surface area contributed by atoms with E-state index in [1.165, 1.54) is 29.8 Å². The second-order valence-corrected chi connectivity index (χ2v) is 7.95. The molecule has 4 rings (SSSR count). The largest absolute Gasteiger partial charge is 0.348 e. The molecule has 1 aromatic heterocycles. The number of aromatic nitrogens is 1. The van der Waals surface area contributed by atoms with Gasteiger partial charge in [-0.1, -0.05) is 54.1 Å². The minimum atomic E-state index is -0.491. The Morgan fingerprint density at radius 1 is 0.968 bits per heavy atom. The molecule has 0 aliphatic heterocycles. The predicted octanol–water partition coefficient (Wildman–Crippen LogP) is 5.62. The van der Waals surface area contributed by atoms with E-state index in [-0.39, 0.29) is 11.6 Å². The van der Waals surface area contributed by atoms with Crippen LogP contribution in [0.4, 0.5) is 5.69 Å². The highest BCUT2D eigenvalue weighted by Gasteiger charge is 2.10. The summed E-state index contributed by atoms with van der Waals surface area (Å²) in [5.41, 5.74) is 5.59. The molecule has 0 saturated heterocycles. The van der Waals surface area contributed by atoms with Crippen LogP contribution in [0.5, 0.6) is 0 Å². The number of carbonyl (C=O) groups is 1. The van der Waals surface area contributed by atoms with Crippen molar-refractivity contribution in [2.24, 2.45) is 0 Å². The summed E-state index contributed by atoms with van der Waals surface area (Å²) >= 11 is 1.60. The Morgan fingerprint density at radius 3 is 2.26 bits per heavy atom. The average Bonchev–Trinajstić information content (AvgIpc) is 3.28. The van der Waals surface area contributed by atoms with E-state index in [0.717, 1.165) is 27.4 Å². The minimum absolute atomic E-state index is 0.0418. The number of nitro groups is 1. The number of rotatable bonds is 6. The van der Waals surface area contributed by atoms with Crippen LogP contribution in [0.1, 0.15) is 21.5 Å². The molecule has 4 aromatic rings. The van der Waals surface area contributed by atoms with Crippen molar-refractivity contribution in [2.75, 3.05) is 0 Å². The highest BCUT2D eigenvalue weighted by Crippen LogP contribution is 2.29. The van der Waals surface area contributed by atoms with Crippen molar-refractivity contribution in [3.05, 3.63) is 105 Å². The number of benzene rings is 3. The maximum Gasteiger partial charge on any atom is 0.269 e. The van der Waals surface area contributed by atoms with Crippen LogP contribution in [0.3, 0.4) is 0 Å². The molecule has 0 aliphatic carbocycles. The van der Waals surface area contributed by atoms with E-state index in [4.69, 9.17) is 4.98 Å². The van der Waals surface area contributed by atoms with Gasteiger partial charge in [-0.3, -0.25) is 14.9 Å². The zero-order chi connectivity index (χ0) is 21.8. The van der Waals surface area contributed by atoms with Gasteiger partial charge >= 0.3 is 0 Å². The van der Waals surface area contributed by atoms with Crippen LogP contribution in [-0.4, -0.2) is 15.8 Å². The van der Waals surface area contributed by atoms with Gasteiger partial charge in [0.1, 0.15) is 5.01 Å². The molecule has 154 valence electrons. The van der Waals surface area contributed by atoms with Gasteiger partial charge in [-0.05, 0) is 24.6 Å². The second-order valence-electron chi connectivity index (χ2n) is 7.09.